The number of aliphatic hydroxyl groups is 4. The molecule has 0 saturated carbocycles. The van der Waals surface area contributed by atoms with E-state index in [4.69, 9.17) is 4.74 Å². The van der Waals surface area contributed by atoms with Gasteiger partial charge in [-0.2, -0.15) is 0 Å². The van der Waals surface area contributed by atoms with Crippen molar-refractivity contribution in [2.24, 2.45) is 0 Å². The minimum absolute atomic E-state index is 0.0453. The van der Waals surface area contributed by atoms with Crippen LogP contribution in [0, 0.1) is 0 Å². The molecule has 5 atom stereocenters. The fraction of sp³-hybridized carbons (Fsp3) is 0.905. The third kappa shape index (κ3) is 8.12. The number of ether oxygens (including phenoxy) is 1. The van der Waals surface area contributed by atoms with Crippen molar-refractivity contribution in [3.05, 3.63) is 0 Å². The van der Waals surface area contributed by atoms with Gasteiger partial charge >= 0.3 is 0 Å². The van der Waals surface area contributed by atoms with Gasteiger partial charge in [0.2, 0.25) is 11.8 Å². The zero-order valence-corrected chi connectivity index (χ0v) is 20.0. The van der Waals surface area contributed by atoms with Crippen LogP contribution in [0.4, 0.5) is 0 Å². The van der Waals surface area contributed by atoms with Gasteiger partial charge < -0.3 is 39.9 Å². The SMILES string of the molecule is CC(=O)N(C)CCN(CCN1CCCCC1)C(=O)CCS[C@@H]1O[C@H](CO)[C@H](O)[C@H](O)[C@H]1O. The van der Waals surface area contributed by atoms with E-state index in [1.54, 1.807) is 16.8 Å². The minimum atomic E-state index is -1.42. The first-order valence-electron chi connectivity index (χ1n) is 11.4. The third-order valence-corrected chi connectivity index (χ3v) is 7.34. The van der Waals surface area contributed by atoms with Crippen LogP contribution in [0.2, 0.25) is 0 Å². The van der Waals surface area contributed by atoms with Crippen molar-refractivity contribution in [3.8, 4) is 0 Å². The predicted molar refractivity (Wildman–Crippen MR) is 121 cm³/mol. The van der Waals surface area contributed by atoms with Crippen molar-refractivity contribution in [2.75, 3.05) is 58.7 Å². The number of amides is 2. The topological polar surface area (TPSA) is 134 Å². The summed E-state index contributed by atoms with van der Waals surface area (Å²) in [6.45, 7) is 5.41. The van der Waals surface area contributed by atoms with E-state index in [1.807, 2.05) is 0 Å². The minimum Gasteiger partial charge on any atom is -0.394 e. The average Bonchev–Trinajstić information content (AvgIpc) is 2.79. The van der Waals surface area contributed by atoms with Crippen LogP contribution >= 0.6 is 11.8 Å². The highest BCUT2D eigenvalue weighted by atomic mass is 32.2. The van der Waals surface area contributed by atoms with Gasteiger partial charge in [-0.05, 0) is 25.9 Å². The fourth-order valence-electron chi connectivity index (χ4n) is 3.86. The maximum absolute atomic E-state index is 12.9. The van der Waals surface area contributed by atoms with Crippen LogP contribution in [0.3, 0.4) is 0 Å². The molecule has 0 aromatic heterocycles. The van der Waals surface area contributed by atoms with Crippen LogP contribution in [0.1, 0.15) is 32.6 Å². The molecule has 0 aromatic carbocycles. The van der Waals surface area contributed by atoms with Gasteiger partial charge in [0, 0.05) is 52.3 Å². The molecule has 0 radical (unpaired) electrons. The highest BCUT2D eigenvalue weighted by Gasteiger charge is 2.43. The maximum atomic E-state index is 12.9. The van der Waals surface area contributed by atoms with E-state index in [1.165, 1.54) is 37.9 Å². The Labute approximate surface area is 194 Å². The fourth-order valence-corrected chi connectivity index (χ4v) is 4.96. The number of carbonyl (C=O) groups is 2. The normalized spacial score (nSPS) is 29.0. The van der Waals surface area contributed by atoms with Gasteiger partial charge in [0.15, 0.2) is 0 Å². The van der Waals surface area contributed by atoms with Gasteiger partial charge in [-0.15, -0.1) is 11.8 Å². The molecule has 11 heteroatoms. The second-order valence-electron chi connectivity index (χ2n) is 8.54. The second-order valence-corrected chi connectivity index (χ2v) is 9.75. The Kier molecular flexibility index (Phi) is 11.7. The van der Waals surface area contributed by atoms with Crippen LogP contribution in [0.5, 0.6) is 0 Å². The number of likely N-dealkylation sites (tertiary alicyclic amines) is 1. The molecule has 2 saturated heterocycles. The van der Waals surface area contributed by atoms with Gasteiger partial charge in [-0.3, -0.25) is 9.59 Å². The first-order chi connectivity index (χ1) is 15.2. The first-order valence-corrected chi connectivity index (χ1v) is 12.4. The van der Waals surface area contributed by atoms with E-state index >= 15 is 0 Å². The maximum Gasteiger partial charge on any atom is 0.223 e. The number of likely N-dealkylation sites (N-methyl/N-ethyl adjacent to an activating group) is 1. The van der Waals surface area contributed by atoms with Crippen molar-refractivity contribution in [3.63, 3.8) is 0 Å². The van der Waals surface area contributed by atoms with Crippen LogP contribution in [0.25, 0.3) is 0 Å². The third-order valence-electron chi connectivity index (χ3n) is 6.18. The summed E-state index contributed by atoms with van der Waals surface area (Å²) in [4.78, 5) is 30.2. The number of rotatable bonds is 11. The van der Waals surface area contributed by atoms with E-state index < -0.39 is 36.5 Å². The quantitative estimate of drug-likeness (QED) is 0.287. The summed E-state index contributed by atoms with van der Waals surface area (Å²) in [5.74, 6) is 0.257. The van der Waals surface area contributed by atoms with Crippen LogP contribution in [0.15, 0.2) is 0 Å². The molecule has 186 valence electrons. The molecule has 2 aliphatic heterocycles. The molecule has 0 aliphatic carbocycles. The van der Waals surface area contributed by atoms with E-state index in [0.717, 1.165) is 19.6 Å². The van der Waals surface area contributed by atoms with Gasteiger partial charge in [-0.25, -0.2) is 0 Å². The summed E-state index contributed by atoms with van der Waals surface area (Å²) >= 11 is 1.17. The highest BCUT2D eigenvalue weighted by molar-refractivity contribution is 7.99. The number of thioether (sulfide) groups is 1. The number of carbonyl (C=O) groups excluding carboxylic acids is 2. The molecular weight excluding hydrogens is 438 g/mol. The van der Waals surface area contributed by atoms with E-state index in [2.05, 4.69) is 4.90 Å². The standard InChI is InChI=1S/C21H39N3O7S/c1-15(26)22(2)9-11-24(12-10-23-7-4-3-5-8-23)17(27)6-13-32-21-20(30)19(29)18(28)16(14-25)31-21/h16,18-21,25,28-30H,3-14H2,1-2H3/t16-,18+,19+,20-,21+/m1/s1. The number of piperidine rings is 1. The Bertz CT molecular complexity index is 592. The summed E-state index contributed by atoms with van der Waals surface area (Å²) in [5.41, 5.74) is -0.844. The molecule has 0 unspecified atom stereocenters. The molecule has 32 heavy (non-hydrogen) atoms. The largest absolute Gasteiger partial charge is 0.394 e. The molecule has 2 amide bonds. The lowest BCUT2D eigenvalue weighted by atomic mass is 10.0. The Morgan fingerprint density at radius 1 is 1.03 bits per heavy atom. The van der Waals surface area contributed by atoms with Crippen molar-refractivity contribution >= 4 is 23.6 Å². The average molecular weight is 478 g/mol. The zero-order valence-electron chi connectivity index (χ0n) is 19.1. The van der Waals surface area contributed by atoms with Crippen LogP contribution < -0.4 is 0 Å². The molecule has 2 rings (SSSR count). The van der Waals surface area contributed by atoms with Crippen molar-refractivity contribution in [1.29, 1.82) is 0 Å². The summed E-state index contributed by atoms with van der Waals surface area (Å²) in [5, 5.41) is 39.2. The van der Waals surface area contributed by atoms with Crippen LogP contribution in [-0.4, -0.2) is 135 Å². The summed E-state index contributed by atoms with van der Waals surface area (Å²) < 4.78 is 5.48. The second kappa shape index (κ2) is 13.7. The monoisotopic (exact) mass is 477 g/mol. The Balaban J connectivity index is 1.86. The predicted octanol–water partition coefficient (Wildman–Crippen LogP) is -1.30. The first kappa shape index (κ1) is 27.3. The molecule has 0 aromatic rings. The Morgan fingerprint density at radius 3 is 2.34 bits per heavy atom. The number of aliphatic hydroxyl groups excluding tert-OH is 4. The lowest BCUT2D eigenvalue weighted by Gasteiger charge is -2.39. The Morgan fingerprint density at radius 2 is 1.72 bits per heavy atom. The molecule has 2 heterocycles. The molecular formula is C21H39N3O7S. The van der Waals surface area contributed by atoms with Gasteiger partial charge in [-0.1, -0.05) is 6.42 Å². The molecule has 10 nitrogen and oxygen atoms in total. The molecule has 4 N–H and O–H groups in total. The molecule has 0 bridgehead atoms. The van der Waals surface area contributed by atoms with Crippen molar-refractivity contribution in [1.82, 2.24) is 14.7 Å². The number of nitrogens with zero attached hydrogens (tertiary/aromatic N) is 3. The van der Waals surface area contributed by atoms with Gasteiger partial charge in [0.1, 0.15) is 29.9 Å². The van der Waals surface area contributed by atoms with Gasteiger partial charge in [0.25, 0.3) is 0 Å². The van der Waals surface area contributed by atoms with E-state index in [0.29, 0.717) is 25.4 Å². The van der Waals surface area contributed by atoms with E-state index in [9.17, 15) is 30.0 Å². The summed E-state index contributed by atoms with van der Waals surface area (Å²) in [6, 6.07) is 0. The van der Waals surface area contributed by atoms with Crippen molar-refractivity contribution < 1.29 is 34.8 Å². The Hall–Kier alpha value is -0.950. The molecule has 2 fully saturated rings. The summed E-state index contributed by atoms with van der Waals surface area (Å²) in [7, 11) is 1.71. The van der Waals surface area contributed by atoms with Gasteiger partial charge in [0.05, 0.1) is 6.61 Å². The molecule has 0 spiro atoms. The van der Waals surface area contributed by atoms with E-state index in [-0.39, 0.29) is 18.2 Å². The number of hydrogen-bond acceptors (Lipinski definition) is 9. The van der Waals surface area contributed by atoms with Crippen LogP contribution in [-0.2, 0) is 14.3 Å². The molecule has 2 aliphatic rings. The highest BCUT2D eigenvalue weighted by Crippen LogP contribution is 2.28. The van der Waals surface area contributed by atoms with Crippen molar-refractivity contribution in [2.45, 2.75) is 62.5 Å². The smallest absolute Gasteiger partial charge is 0.223 e. The number of hydrogen-bond donors (Lipinski definition) is 4. The summed E-state index contributed by atoms with van der Waals surface area (Å²) in [6.07, 6.45) is -1.26. The lowest BCUT2D eigenvalue weighted by Crippen LogP contribution is -2.57. The lowest BCUT2D eigenvalue weighted by molar-refractivity contribution is -0.205. The zero-order chi connectivity index (χ0) is 23.7.